The monoisotopic (exact) mass is 300 g/mol. The topological polar surface area (TPSA) is 78.1 Å². The minimum Gasteiger partial charge on any atom is -0.342 e. The molecule has 0 unspecified atom stereocenters. The van der Waals surface area contributed by atoms with Gasteiger partial charge in [-0.15, -0.1) is 0 Å². The molecular formula is C16H20N4O2. The summed E-state index contributed by atoms with van der Waals surface area (Å²) in [4.78, 5) is 26.1. The van der Waals surface area contributed by atoms with Gasteiger partial charge >= 0.3 is 0 Å². The van der Waals surface area contributed by atoms with Crippen molar-refractivity contribution in [2.45, 2.75) is 20.3 Å². The van der Waals surface area contributed by atoms with Crippen LogP contribution in [0.2, 0.25) is 0 Å². The molecule has 6 heteroatoms. The van der Waals surface area contributed by atoms with Gasteiger partial charge in [0.1, 0.15) is 0 Å². The maximum atomic E-state index is 12.4. The summed E-state index contributed by atoms with van der Waals surface area (Å²) in [6, 6.07) is 7.61. The molecule has 1 aliphatic heterocycles. The fraction of sp³-hybridized carbons (Fsp3) is 0.438. The number of carbonyl (C=O) groups excluding carboxylic acids is 2. The van der Waals surface area contributed by atoms with Gasteiger partial charge in [-0.3, -0.25) is 14.7 Å². The minimum absolute atomic E-state index is 0.0562. The standard InChI is InChI=1S/C16H20N4O2/c1-10(2)8-20-9-11(7-14(20)21)16(22)17-15-12-5-3-4-6-13(12)18-19-15/h3-6,10-11H,7-9H2,1-2H3,(H2,17,18,19,22)/t11-/m1/s1. The molecule has 2 heterocycles. The molecule has 0 radical (unpaired) electrons. The number of anilines is 1. The van der Waals surface area contributed by atoms with Gasteiger partial charge in [-0.1, -0.05) is 26.0 Å². The van der Waals surface area contributed by atoms with Crippen LogP contribution in [0.5, 0.6) is 0 Å². The third kappa shape index (κ3) is 2.81. The smallest absolute Gasteiger partial charge is 0.231 e. The van der Waals surface area contributed by atoms with E-state index in [1.165, 1.54) is 0 Å². The zero-order chi connectivity index (χ0) is 15.7. The number of fused-ring (bicyclic) bond motifs is 1. The summed E-state index contributed by atoms with van der Waals surface area (Å²) in [7, 11) is 0. The van der Waals surface area contributed by atoms with E-state index in [0.29, 0.717) is 24.8 Å². The highest BCUT2D eigenvalue weighted by atomic mass is 16.2. The van der Waals surface area contributed by atoms with E-state index in [1.807, 2.05) is 24.3 Å². The van der Waals surface area contributed by atoms with Gasteiger partial charge in [-0.05, 0) is 18.1 Å². The Bertz CT molecular complexity index is 707. The van der Waals surface area contributed by atoms with Gasteiger partial charge < -0.3 is 10.2 Å². The van der Waals surface area contributed by atoms with Crippen molar-refractivity contribution in [1.29, 1.82) is 0 Å². The first-order valence-corrected chi connectivity index (χ1v) is 7.56. The van der Waals surface area contributed by atoms with Crippen LogP contribution in [0.25, 0.3) is 10.9 Å². The molecular weight excluding hydrogens is 280 g/mol. The number of aromatic amines is 1. The van der Waals surface area contributed by atoms with Crippen LogP contribution in [0, 0.1) is 11.8 Å². The molecule has 1 aliphatic rings. The Kier molecular flexibility index (Phi) is 3.83. The van der Waals surface area contributed by atoms with Gasteiger partial charge in [-0.2, -0.15) is 5.10 Å². The van der Waals surface area contributed by atoms with Crippen LogP contribution in [0.3, 0.4) is 0 Å². The summed E-state index contributed by atoms with van der Waals surface area (Å²) in [5, 5.41) is 10.7. The predicted molar refractivity (Wildman–Crippen MR) is 84.2 cm³/mol. The average Bonchev–Trinajstić information content (AvgIpc) is 3.04. The van der Waals surface area contributed by atoms with Crippen LogP contribution in [-0.4, -0.2) is 40.0 Å². The Labute approximate surface area is 128 Å². The van der Waals surface area contributed by atoms with Crippen molar-refractivity contribution in [1.82, 2.24) is 15.1 Å². The van der Waals surface area contributed by atoms with Crippen molar-refractivity contribution >= 4 is 28.5 Å². The summed E-state index contributed by atoms with van der Waals surface area (Å²) in [6.07, 6.45) is 0.279. The summed E-state index contributed by atoms with van der Waals surface area (Å²) in [5.41, 5.74) is 0.877. The van der Waals surface area contributed by atoms with Crippen molar-refractivity contribution in [3.05, 3.63) is 24.3 Å². The molecule has 6 nitrogen and oxygen atoms in total. The van der Waals surface area contributed by atoms with E-state index in [2.05, 4.69) is 29.4 Å². The second-order valence-electron chi connectivity index (χ2n) is 6.20. The van der Waals surface area contributed by atoms with Gasteiger partial charge in [0.25, 0.3) is 0 Å². The lowest BCUT2D eigenvalue weighted by atomic mass is 10.1. The van der Waals surface area contributed by atoms with Crippen LogP contribution in [0.1, 0.15) is 20.3 Å². The van der Waals surface area contributed by atoms with Crippen molar-refractivity contribution < 1.29 is 9.59 Å². The Morgan fingerprint density at radius 3 is 3.00 bits per heavy atom. The van der Waals surface area contributed by atoms with E-state index in [1.54, 1.807) is 4.90 Å². The van der Waals surface area contributed by atoms with Crippen molar-refractivity contribution in [3.63, 3.8) is 0 Å². The first kappa shape index (κ1) is 14.6. The Hall–Kier alpha value is -2.37. The number of H-pyrrole nitrogens is 1. The highest BCUT2D eigenvalue weighted by molar-refractivity contribution is 6.02. The van der Waals surface area contributed by atoms with Crippen LogP contribution in [-0.2, 0) is 9.59 Å². The molecule has 2 N–H and O–H groups in total. The molecule has 1 atom stereocenters. The van der Waals surface area contributed by atoms with Crippen LogP contribution in [0.15, 0.2) is 24.3 Å². The largest absolute Gasteiger partial charge is 0.342 e. The maximum absolute atomic E-state index is 12.4. The molecule has 0 aliphatic carbocycles. The minimum atomic E-state index is -0.304. The summed E-state index contributed by atoms with van der Waals surface area (Å²) < 4.78 is 0. The zero-order valence-electron chi connectivity index (χ0n) is 12.8. The van der Waals surface area contributed by atoms with E-state index in [-0.39, 0.29) is 24.2 Å². The Morgan fingerprint density at radius 1 is 1.45 bits per heavy atom. The number of carbonyl (C=O) groups is 2. The van der Waals surface area contributed by atoms with Gasteiger partial charge in [0.05, 0.1) is 11.4 Å². The van der Waals surface area contributed by atoms with Gasteiger partial charge in [-0.25, -0.2) is 0 Å². The van der Waals surface area contributed by atoms with E-state index in [0.717, 1.165) is 10.9 Å². The van der Waals surface area contributed by atoms with Crippen molar-refractivity contribution in [2.75, 3.05) is 18.4 Å². The molecule has 1 aromatic carbocycles. The van der Waals surface area contributed by atoms with E-state index in [4.69, 9.17) is 0 Å². The highest BCUT2D eigenvalue weighted by Crippen LogP contribution is 2.23. The lowest BCUT2D eigenvalue weighted by Crippen LogP contribution is -2.31. The molecule has 1 fully saturated rings. The SMILES string of the molecule is CC(C)CN1C[C@H](C(=O)Nc2n[nH]c3ccccc23)CC1=O. The zero-order valence-corrected chi connectivity index (χ0v) is 12.8. The predicted octanol–water partition coefficient (Wildman–Crippen LogP) is 2.01. The van der Waals surface area contributed by atoms with Crippen molar-refractivity contribution in [3.8, 4) is 0 Å². The Balaban J connectivity index is 1.69. The number of likely N-dealkylation sites (tertiary alicyclic amines) is 1. The van der Waals surface area contributed by atoms with Gasteiger partial charge in [0.2, 0.25) is 11.8 Å². The van der Waals surface area contributed by atoms with Crippen LogP contribution in [0.4, 0.5) is 5.82 Å². The molecule has 2 amide bonds. The quantitative estimate of drug-likeness (QED) is 0.906. The summed E-state index contributed by atoms with van der Waals surface area (Å²) >= 11 is 0. The Morgan fingerprint density at radius 2 is 2.23 bits per heavy atom. The first-order chi connectivity index (χ1) is 10.5. The van der Waals surface area contributed by atoms with Crippen LogP contribution < -0.4 is 5.32 Å². The number of amides is 2. The summed E-state index contributed by atoms with van der Waals surface area (Å²) in [5.74, 6) is 0.538. The molecule has 0 spiro atoms. The lowest BCUT2D eigenvalue weighted by molar-refractivity contribution is -0.128. The molecule has 1 aromatic heterocycles. The lowest BCUT2D eigenvalue weighted by Gasteiger charge is -2.18. The number of nitrogens with zero attached hydrogens (tertiary/aromatic N) is 2. The highest BCUT2D eigenvalue weighted by Gasteiger charge is 2.34. The van der Waals surface area contributed by atoms with E-state index in [9.17, 15) is 9.59 Å². The second kappa shape index (κ2) is 5.79. The van der Waals surface area contributed by atoms with E-state index < -0.39 is 0 Å². The maximum Gasteiger partial charge on any atom is 0.231 e. The van der Waals surface area contributed by atoms with E-state index >= 15 is 0 Å². The second-order valence-corrected chi connectivity index (χ2v) is 6.20. The molecule has 22 heavy (non-hydrogen) atoms. The number of hydrogen-bond acceptors (Lipinski definition) is 3. The van der Waals surface area contributed by atoms with Crippen LogP contribution >= 0.6 is 0 Å². The van der Waals surface area contributed by atoms with Gasteiger partial charge in [0.15, 0.2) is 5.82 Å². The molecule has 2 aromatic rings. The number of benzene rings is 1. The third-order valence-corrected chi connectivity index (χ3v) is 3.88. The fourth-order valence-corrected chi connectivity index (χ4v) is 2.84. The number of nitrogens with one attached hydrogen (secondary N) is 2. The molecule has 3 rings (SSSR count). The molecule has 1 saturated heterocycles. The van der Waals surface area contributed by atoms with Crippen molar-refractivity contribution in [2.24, 2.45) is 11.8 Å². The van der Waals surface area contributed by atoms with Gasteiger partial charge in [0, 0.05) is 24.9 Å². The number of hydrogen-bond donors (Lipinski definition) is 2. The molecule has 0 saturated carbocycles. The fourth-order valence-electron chi connectivity index (χ4n) is 2.84. The first-order valence-electron chi connectivity index (χ1n) is 7.56. The average molecular weight is 300 g/mol. The molecule has 116 valence electrons. The number of aromatic nitrogens is 2. The number of para-hydroxylation sites is 1. The normalized spacial score (nSPS) is 18.4. The summed E-state index contributed by atoms with van der Waals surface area (Å²) in [6.45, 7) is 5.33. The third-order valence-electron chi connectivity index (χ3n) is 3.88. The molecule has 0 bridgehead atoms. The number of rotatable bonds is 4.